The van der Waals surface area contributed by atoms with Gasteiger partial charge in [-0.25, -0.2) is 0 Å². The van der Waals surface area contributed by atoms with Crippen molar-refractivity contribution in [3.05, 3.63) is 30.5 Å². The number of hydrogen-bond donors (Lipinski definition) is 1. The molecule has 0 spiro atoms. The average molecular weight is 202 g/mol. The minimum absolute atomic E-state index is 0.625. The molecule has 2 rings (SSSR count). The fourth-order valence-corrected chi connectivity index (χ4v) is 2.64. The topological polar surface area (TPSA) is 15.8 Å². The molecular formula is C8H6NRb. The van der Waals surface area contributed by atoms with Crippen LogP contribution in [-0.4, -0.2) is 60.5 Å². The summed E-state index contributed by atoms with van der Waals surface area (Å²) >= 11 is 0.625. The maximum absolute atomic E-state index is 3.24. The molecule has 10 heavy (non-hydrogen) atoms. The Hall–Kier alpha value is 0.565. The molecule has 1 aromatic heterocycles. The molecule has 0 bridgehead atoms. The Balaban J connectivity index is 2.93. The Kier molecular flexibility index (Phi) is 2.09. The van der Waals surface area contributed by atoms with Gasteiger partial charge in [-0.3, -0.25) is 0 Å². The van der Waals surface area contributed by atoms with Gasteiger partial charge < -0.3 is 0 Å². The van der Waals surface area contributed by atoms with Crippen LogP contribution < -0.4 is -1.37 Å². The van der Waals surface area contributed by atoms with Crippen molar-refractivity contribution >= 4 is 65.1 Å². The van der Waals surface area contributed by atoms with E-state index < -0.39 is 0 Å². The van der Waals surface area contributed by atoms with Crippen LogP contribution in [0.25, 0.3) is 10.9 Å². The molecule has 0 amide bonds. The molecule has 1 N–H and O–H groups in total. The van der Waals surface area contributed by atoms with E-state index in [1.807, 2.05) is 0 Å². The quantitative estimate of drug-likeness (QED) is 0.654. The molecule has 1 nitrogen and oxygen atoms in total. The van der Waals surface area contributed by atoms with Gasteiger partial charge in [0.2, 0.25) is 0 Å². The van der Waals surface area contributed by atoms with Gasteiger partial charge in [0.15, 0.2) is 0 Å². The molecule has 0 radical (unpaired) electrons. The van der Waals surface area contributed by atoms with Crippen molar-refractivity contribution in [3.63, 3.8) is 0 Å². The van der Waals surface area contributed by atoms with Gasteiger partial charge in [-0.2, -0.15) is 0 Å². The summed E-state index contributed by atoms with van der Waals surface area (Å²) in [7, 11) is 0. The van der Waals surface area contributed by atoms with E-state index in [0.717, 1.165) is 0 Å². The summed E-state index contributed by atoms with van der Waals surface area (Å²) in [5.74, 6) is 0. The van der Waals surface area contributed by atoms with Crippen molar-refractivity contribution in [2.75, 3.05) is 0 Å². The maximum atomic E-state index is 3.24. The van der Waals surface area contributed by atoms with E-state index in [-0.39, 0.29) is 0 Å². The first-order valence-corrected chi connectivity index (χ1v) is 5.86. The number of hydrogen-bond acceptors (Lipinski definition) is 0. The van der Waals surface area contributed by atoms with Gasteiger partial charge in [-0.1, -0.05) is 0 Å². The second-order valence-electron chi connectivity index (χ2n) is 2.52. The van der Waals surface area contributed by atoms with Crippen LogP contribution in [0.4, 0.5) is 0 Å². The second kappa shape index (κ2) is 2.90. The number of H-pyrrole nitrogens is 1. The van der Waals surface area contributed by atoms with Gasteiger partial charge >= 0.3 is 101 Å². The van der Waals surface area contributed by atoms with Gasteiger partial charge in [0.1, 0.15) is 0 Å². The fourth-order valence-electron chi connectivity index (χ4n) is 1.22. The van der Waals surface area contributed by atoms with Crippen LogP contribution in [0.3, 0.4) is 0 Å². The number of aromatic nitrogens is 1. The molecule has 1 aromatic carbocycles. The first kappa shape index (κ1) is 7.23. The number of nitrogens with one attached hydrogen (secondary N) is 1. The third-order valence-corrected chi connectivity index (χ3v) is 3.83. The zero-order chi connectivity index (χ0) is 6.97. The normalized spacial score (nSPS) is 10.6. The van der Waals surface area contributed by atoms with Crippen molar-refractivity contribution in [1.29, 1.82) is 0 Å². The molecule has 0 saturated carbocycles. The summed E-state index contributed by atoms with van der Waals surface area (Å²) < 4.78 is 1.53. The minimum atomic E-state index is 0.625. The van der Waals surface area contributed by atoms with Crippen LogP contribution in [-0.2, 0) is 0 Å². The molecule has 1 heterocycles. The van der Waals surface area contributed by atoms with Crippen LogP contribution in [0.2, 0.25) is 0 Å². The molecule has 2 heteroatoms. The monoisotopic (exact) mass is 201 g/mol. The zero-order valence-corrected chi connectivity index (χ0v) is 10.8. The zero-order valence-electron chi connectivity index (χ0n) is 5.89. The van der Waals surface area contributed by atoms with Gasteiger partial charge in [-0.15, -0.1) is 0 Å². The predicted molar refractivity (Wildman–Crippen MR) is 43.7 cm³/mol. The van der Waals surface area contributed by atoms with E-state index in [4.69, 9.17) is 0 Å². The van der Waals surface area contributed by atoms with Gasteiger partial charge in [0.05, 0.1) is 0 Å². The van der Waals surface area contributed by atoms with E-state index >= 15 is 0 Å². The van der Waals surface area contributed by atoms with Crippen molar-refractivity contribution in [1.82, 2.24) is 4.98 Å². The predicted octanol–water partition coefficient (Wildman–Crippen LogP) is 0.962. The van der Waals surface area contributed by atoms with E-state index in [2.05, 4.69) is 35.4 Å². The molecule has 0 fully saturated rings. The standard InChI is InChI=1S/C8H6N.Rb/c1-2-4-8-7(3-1)5-6-9-8;/h1-4,6,9H;. The molecule has 0 aliphatic heterocycles. The summed E-state index contributed by atoms with van der Waals surface area (Å²) in [5.41, 5.74) is 1.27. The van der Waals surface area contributed by atoms with Crippen LogP contribution in [0, 0.1) is 0 Å². The summed E-state index contributed by atoms with van der Waals surface area (Å²) in [4.78, 5) is 3.24. The summed E-state index contributed by atoms with van der Waals surface area (Å²) in [6, 6.07) is 8.45. The number of benzene rings is 1. The Labute approximate surface area is 98.5 Å². The second-order valence-corrected chi connectivity index (χ2v) is 5.17. The Morgan fingerprint density at radius 3 is 2.80 bits per heavy atom. The first-order valence-electron chi connectivity index (χ1n) is 3.40. The third kappa shape index (κ3) is 1.16. The molecule has 0 unspecified atom stereocenters. The number of aromatic amines is 1. The third-order valence-electron chi connectivity index (χ3n) is 1.80. The molecule has 0 saturated heterocycles. The Bertz CT molecular complexity index is 351. The van der Waals surface area contributed by atoms with Crippen LogP contribution in [0.1, 0.15) is 0 Å². The number of rotatable bonds is 0. The SMILES string of the molecule is [Rb][c]1c[nH]c2ccccc12. The van der Waals surface area contributed by atoms with E-state index in [1.54, 1.807) is 0 Å². The van der Waals surface area contributed by atoms with Crippen molar-refractivity contribution < 1.29 is 0 Å². The molecule has 44 valence electrons. The molecule has 0 aliphatic rings. The summed E-state index contributed by atoms with van der Waals surface area (Å²) in [5, 5.41) is 1.42. The molecular weight excluding hydrogens is 196 g/mol. The van der Waals surface area contributed by atoms with E-state index in [9.17, 15) is 0 Å². The average Bonchev–Trinajstić information content (AvgIpc) is 2.34. The number of para-hydroxylation sites is 1. The van der Waals surface area contributed by atoms with Crippen LogP contribution in [0.15, 0.2) is 30.5 Å². The number of fused-ring (bicyclic) bond motifs is 1. The van der Waals surface area contributed by atoms with Gasteiger partial charge in [-0.05, 0) is 0 Å². The summed E-state index contributed by atoms with van der Waals surface area (Å²) in [6.07, 6.45) is 2.13. The van der Waals surface area contributed by atoms with Gasteiger partial charge in [0.25, 0.3) is 0 Å². The van der Waals surface area contributed by atoms with Crippen molar-refractivity contribution in [3.8, 4) is 0 Å². The van der Waals surface area contributed by atoms with Gasteiger partial charge in [0, 0.05) is 0 Å². The van der Waals surface area contributed by atoms with E-state index in [1.165, 1.54) is 9.54 Å². The van der Waals surface area contributed by atoms with Crippen LogP contribution >= 0.6 is 0 Å². The fraction of sp³-hybridized carbons (Fsp3) is 0. The van der Waals surface area contributed by atoms with Crippen LogP contribution in [0.5, 0.6) is 0 Å². The Morgan fingerprint density at radius 2 is 2.00 bits per heavy atom. The van der Waals surface area contributed by atoms with Crippen molar-refractivity contribution in [2.24, 2.45) is 0 Å². The molecule has 2 aromatic rings. The first-order chi connectivity index (χ1) is 4.88. The summed E-state index contributed by atoms with van der Waals surface area (Å²) in [6.45, 7) is 0. The molecule has 0 aliphatic carbocycles. The molecule has 0 atom stereocenters. The Morgan fingerprint density at radius 1 is 1.20 bits per heavy atom. The van der Waals surface area contributed by atoms with Crippen molar-refractivity contribution in [2.45, 2.75) is 0 Å². The van der Waals surface area contributed by atoms with E-state index in [0.29, 0.717) is 55.5 Å².